The Morgan fingerprint density at radius 1 is 1.30 bits per heavy atom. The Bertz CT molecular complexity index is 869. The van der Waals surface area contributed by atoms with E-state index in [0.717, 1.165) is 11.1 Å². The van der Waals surface area contributed by atoms with Crippen LogP contribution in [0.25, 0.3) is 16.8 Å². The van der Waals surface area contributed by atoms with E-state index in [9.17, 15) is 4.79 Å². The molecule has 118 valence electrons. The fraction of sp³-hybridized carbons (Fsp3) is 0.267. The zero-order valence-electron chi connectivity index (χ0n) is 12.1. The highest BCUT2D eigenvalue weighted by Crippen LogP contribution is 2.35. The molecule has 0 N–H and O–H groups in total. The first-order chi connectivity index (χ1) is 11.2. The van der Waals surface area contributed by atoms with E-state index in [2.05, 4.69) is 10.1 Å². The summed E-state index contributed by atoms with van der Waals surface area (Å²) in [6, 6.07) is 5.78. The summed E-state index contributed by atoms with van der Waals surface area (Å²) in [5, 5.41) is 4.70. The van der Waals surface area contributed by atoms with Gasteiger partial charge in [0.2, 0.25) is 0 Å². The molecule has 0 aliphatic carbocycles. The van der Waals surface area contributed by atoms with Gasteiger partial charge in [-0.05, 0) is 12.1 Å². The lowest BCUT2D eigenvalue weighted by atomic mass is 10.2. The molecule has 0 saturated carbocycles. The number of pyridine rings is 1. The van der Waals surface area contributed by atoms with Crippen LogP contribution in [0.5, 0.6) is 0 Å². The molecular formula is C15H13ClN4O2S. The lowest BCUT2D eigenvalue weighted by molar-refractivity contribution is 0.0303. The van der Waals surface area contributed by atoms with E-state index in [1.54, 1.807) is 15.6 Å². The van der Waals surface area contributed by atoms with Gasteiger partial charge >= 0.3 is 0 Å². The minimum Gasteiger partial charge on any atom is -0.378 e. The summed E-state index contributed by atoms with van der Waals surface area (Å²) in [5.74, 6) is -0.0945. The van der Waals surface area contributed by atoms with Gasteiger partial charge in [-0.25, -0.2) is 9.50 Å². The highest BCUT2D eigenvalue weighted by molar-refractivity contribution is 7.18. The number of thiazole rings is 1. The van der Waals surface area contributed by atoms with Gasteiger partial charge in [0, 0.05) is 24.8 Å². The molecule has 0 radical (unpaired) electrons. The van der Waals surface area contributed by atoms with Gasteiger partial charge in [0.25, 0.3) is 5.91 Å². The SMILES string of the molecule is O=C(c1nc(-c2cnn3ccccc23)c(Cl)s1)N1CCOCC1. The third-order valence-electron chi connectivity index (χ3n) is 3.75. The van der Waals surface area contributed by atoms with Crippen LogP contribution in [0.15, 0.2) is 30.6 Å². The molecule has 1 aliphatic rings. The molecule has 0 atom stereocenters. The maximum atomic E-state index is 12.5. The quantitative estimate of drug-likeness (QED) is 0.714. The topological polar surface area (TPSA) is 59.7 Å². The number of hydrogen-bond donors (Lipinski definition) is 0. The normalized spacial score (nSPS) is 15.3. The third kappa shape index (κ3) is 2.60. The fourth-order valence-electron chi connectivity index (χ4n) is 2.58. The Balaban J connectivity index is 1.71. The summed E-state index contributed by atoms with van der Waals surface area (Å²) in [6.07, 6.45) is 3.58. The van der Waals surface area contributed by atoms with E-state index in [1.807, 2.05) is 24.4 Å². The number of nitrogens with zero attached hydrogens (tertiary/aromatic N) is 4. The summed E-state index contributed by atoms with van der Waals surface area (Å²) in [7, 11) is 0. The Morgan fingerprint density at radius 3 is 2.96 bits per heavy atom. The number of fused-ring (bicyclic) bond motifs is 1. The lowest BCUT2D eigenvalue weighted by Gasteiger charge is -2.25. The third-order valence-corrected chi connectivity index (χ3v) is 4.99. The zero-order chi connectivity index (χ0) is 15.8. The smallest absolute Gasteiger partial charge is 0.283 e. The summed E-state index contributed by atoms with van der Waals surface area (Å²) in [4.78, 5) is 18.8. The monoisotopic (exact) mass is 348 g/mol. The maximum Gasteiger partial charge on any atom is 0.283 e. The first-order valence-corrected chi connectivity index (χ1v) is 8.39. The molecule has 4 rings (SSSR count). The average Bonchev–Trinajstić information content (AvgIpc) is 3.18. The van der Waals surface area contributed by atoms with E-state index in [-0.39, 0.29) is 5.91 Å². The van der Waals surface area contributed by atoms with Crippen LogP contribution < -0.4 is 0 Å². The number of morpholine rings is 1. The Kier molecular flexibility index (Phi) is 3.76. The predicted molar refractivity (Wildman–Crippen MR) is 88.0 cm³/mol. The molecule has 3 aromatic heterocycles. The van der Waals surface area contributed by atoms with Crippen molar-refractivity contribution in [1.82, 2.24) is 19.5 Å². The van der Waals surface area contributed by atoms with Crippen LogP contribution in [-0.2, 0) is 4.74 Å². The van der Waals surface area contributed by atoms with E-state index < -0.39 is 0 Å². The second kappa shape index (κ2) is 5.92. The average molecular weight is 349 g/mol. The summed E-state index contributed by atoms with van der Waals surface area (Å²) in [5.41, 5.74) is 2.34. The van der Waals surface area contributed by atoms with Crippen molar-refractivity contribution in [3.05, 3.63) is 39.9 Å². The van der Waals surface area contributed by atoms with E-state index in [1.165, 1.54) is 11.3 Å². The first kappa shape index (κ1) is 14.6. The molecule has 1 saturated heterocycles. The minimum absolute atomic E-state index is 0.0945. The molecule has 1 fully saturated rings. The molecule has 6 nitrogen and oxygen atoms in total. The molecule has 1 amide bonds. The summed E-state index contributed by atoms with van der Waals surface area (Å²) >= 11 is 7.55. The number of aromatic nitrogens is 3. The van der Waals surface area contributed by atoms with Crippen molar-refractivity contribution < 1.29 is 9.53 Å². The van der Waals surface area contributed by atoms with Gasteiger partial charge < -0.3 is 9.64 Å². The molecule has 0 unspecified atom stereocenters. The van der Waals surface area contributed by atoms with Gasteiger partial charge in [0.05, 0.1) is 24.9 Å². The van der Waals surface area contributed by atoms with Crippen molar-refractivity contribution in [3.8, 4) is 11.3 Å². The van der Waals surface area contributed by atoms with Crippen molar-refractivity contribution in [2.24, 2.45) is 0 Å². The predicted octanol–water partition coefficient (Wildman–Crippen LogP) is 2.58. The van der Waals surface area contributed by atoms with Crippen LogP contribution >= 0.6 is 22.9 Å². The molecule has 8 heteroatoms. The lowest BCUT2D eigenvalue weighted by Crippen LogP contribution is -2.40. The number of ether oxygens (including phenoxy) is 1. The number of halogens is 1. The number of amides is 1. The van der Waals surface area contributed by atoms with Crippen molar-refractivity contribution in [2.75, 3.05) is 26.3 Å². The number of rotatable bonds is 2. The van der Waals surface area contributed by atoms with Crippen molar-refractivity contribution in [2.45, 2.75) is 0 Å². The van der Waals surface area contributed by atoms with Gasteiger partial charge in [0.15, 0.2) is 5.01 Å². The van der Waals surface area contributed by atoms with Gasteiger partial charge in [-0.1, -0.05) is 29.0 Å². The first-order valence-electron chi connectivity index (χ1n) is 7.20. The molecular weight excluding hydrogens is 336 g/mol. The summed E-state index contributed by atoms with van der Waals surface area (Å²) in [6.45, 7) is 2.29. The van der Waals surface area contributed by atoms with E-state index in [0.29, 0.717) is 41.3 Å². The number of carbonyl (C=O) groups excluding carboxylic acids is 1. The molecule has 4 heterocycles. The molecule has 1 aliphatic heterocycles. The molecule has 3 aromatic rings. The van der Waals surface area contributed by atoms with Crippen LogP contribution in [0.4, 0.5) is 0 Å². The van der Waals surface area contributed by atoms with E-state index >= 15 is 0 Å². The van der Waals surface area contributed by atoms with Crippen molar-refractivity contribution in [1.29, 1.82) is 0 Å². The van der Waals surface area contributed by atoms with Crippen LogP contribution in [0.1, 0.15) is 9.80 Å². The Morgan fingerprint density at radius 2 is 2.13 bits per heavy atom. The molecule has 0 bridgehead atoms. The van der Waals surface area contributed by atoms with Crippen LogP contribution in [0, 0.1) is 0 Å². The fourth-order valence-corrected chi connectivity index (χ4v) is 3.72. The van der Waals surface area contributed by atoms with Crippen LogP contribution in [-0.4, -0.2) is 51.7 Å². The molecule has 0 spiro atoms. The maximum absolute atomic E-state index is 12.5. The minimum atomic E-state index is -0.0945. The second-order valence-electron chi connectivity index (χ2n) is 5.13. The van der Waals surface area contributed by atoms with Gasteiger partial charge in [-0.2, -0.15) is 5.10 Å². The standard InChI is InChI=1S/C15H13ClN4O2S/c16-13-12(10-9-17-20-4-2-1-3-11(10)20)18-14(23-13)15(21)19-5-7-22-8-6-19/h1-4,9H,5-8H2. The Hall–Kier alpha value is -1.96. The zero-order valence-corrected chi connectivity index (χ0v) is 13.7. The van der Waals surface area contributed by atoms with Crippen LogP contribution in [0.2, 0.25) is 4.34 Å². The van der Waals surface area contributed by atoms with Gasteiger partial charge in [0.1, 0.15) is 10.0 Å². The van der Waals surface area contributed by atoms with Gasteiger partial charge in [-0.15, -0.1) is 0 Å². The highest BCUT2D eigenvalue weighted by atomic mass is 35.5. The van der Waals surface area contributed by atoms with Gasteiger partial charge in [-0.3, -0.25) is 4.79 Å². The second-order valence-corrected chi connectivity index (χ2v) is 6.74. The number of carbonyl (C=O) groups is 1. The molecule has 0 aromatic carbocycles. The summed E-state index contributed by atoms with van der Waals surface area (Å²) < 4.78 is 7.53. The van der Waals surface area contributed by atoms with Crippen molar-refractivity contribution in [3.63, 3.8) is 0 Å². The largest absolute Gasteiger partial charge is 0.378 e. The Labute approximate surface area is 141 Å². The number of hydrogen-bond acceptors (Lipinski definition) is 5. The highest BCUT2D eigenvalue weighted by Gasteiger charge is 2.24. The van der Waals surface area contributed by atoms with E-state index in [4.69, 9.17) is 16.3 Å². The van der Waals surface area contributed by atoms with Crippen LogP contribution in [0.3, 0.4) is 0 Å². The van der Waals surface area contributed by atoms with Crippen molar-refractivity contribution >= 4 is 34.4 Å². The molecule has 23 heavy (non-hydrogen) atoms.